The van der Waals surface area contributed by atoms with E-state index in [1.807, 2.05) is 0 Å². The first-order valence-corrected chi connectivity index (χ1v) is 9.43. The van der Waals surface area contributed by atoms with Crippen molar-refractivity contribution in [3.05, 3.63) is 47.4 Å². The highest BCUT2D eigenvalue weighted by atomic mass is 19.4. The number of amides is 1. The van der Waals surface area contributed by atoms with Crippen molar-refractivity contribution in [1.82, 2.24) is 9.97 Å². The molecule has 1 aliphatic rings. The Bertz CT molecular complexity index is 1000. The van der Waals surface area contributed by atoms with Crippen LogP contribution in [0.3, 0.4) is 0 Å². The minimum Gasteiger partial charge on any atom is -0.493 e. The number of aliphatic hydroxyl groups excluding tert-OH is 1. The predicted molar refractivity (Wildman–Crippen MR) is 101 cm³/mol. The lowest BCUT2D eigenvalue weighted by Gasteiger charge is -2.32. The predicted octanol–water partition coefficient (Wildman–Crippen LogP) is 3.33. The van der Waals surface area contributed by atoms with Crippen LogP contribution in [0.4, 0.5) is 27.8 Å². The third-order valence-corrected chi connectivity index (χ3v) is 5.69. The summed E-state index contributed by atoms with van der Waals surface area (Å²) in [5.41, 5.74) is -2.70. The molecule has 0 unspecified atom stereocenters. The van der Waals surface area contributed by atoms with Gasteiger partial charge < -0.3 is 19.9 Å². The first-order chi connectivity index (χ1) is 14.9. The number of carbonyl (C=O) groups is 1. The lowest BCUT2D eigenvalue weighted by Crippen LogP contribution is -2.47. The van der Waals surface area contributed by atoms with Gasteiger partial charge in [0.1, 0.15) is 6.10 Å². The molecule has 0 saturated carbocycles. The maximum absolute atomic E-state index is 14.3. The molecule has 4 atom stereocenters. The number of hydrogen-bond donors (Lipinski definition) is 2. The van der Waals surface area contributed by atoms with E-state index >= 15 is 0 Å². The van der Waals surface area contributed by atoms with Crippen LogP contribution in [-0.4, -0.2) is 46.0 Å². The molecule has 174 valence electrons. The first-order valence-electron chi connectivity index (χ1n) is 9.43. The molecular weight excluding hydrogens is 441 g/mol. The van der Waals surface area contributed by atoms with Crippen LogP contribution in [0.2, 0.25) is 0 Å². The number of nitrogens with one attached hydrogen (secondary N) is 1. The highest BCUT2D eigenvalue weighted by Gasteiger charge is 2.65. The Kier molecular flexibility index (Phi) is 6.38. The minimum absolute atomic E-state index is 0.0972. The topological polar surface area (TPSA) is 93.6 Å². The molecule has 1 saturated heterocycles. The molecule has 12 heteroatoms. The summed E-state index contributed by atoms with van der Waals surface area (Å²) in [5, 5.41) is 11.3. The minimum atomic E-state index is -4.87. The number of methoxy groups -OCH3 is 1. The lowest BCUT2D eigenvalue weighted by atomic mass is 9.77. The van der Waals surface area contributed by atoms with Crippen molar-refractivity contribution in [2.75, 3.05) is 12.4 Å². The summed E-state index contributed by atoms with van der Waals surface area (Å²) >= 11 is 0. The number of anilines is 1. The number of nitrogens with zero attached hydrogens (tertiary/aromatic N) is 2. The highest BCUT2D eigenvalue weighted by molar-refractivity contribution is 5.94. The van der Waals surface area contributed by atoms with E-state index in [1.165, 1.54) is 13.1 Å². The lowest BCUT2D eigenvalue weighted by molar-refractivity contribution is -0.272. The van der Waals surface area contributed by atoms with Crippen molar-refractivity contribution in [2.24, 2.45) is 5.92 Å². The van der Waals surface area contributed by atoms with E-state index in [-0.39, 0.29) is 17.1 Å². The molecule has 32 heavy (non-hydrogen) atoms. The summed E-state index contributed by atoms with van der Waals surface area (Å²) in [6, 6.07) is 1.82. The largest absolute Gasteiger partial charge is 0.493 e. The van der Waals surface area contributed by atoms with Gasteiger partial charge >= 0.3 is 6.18 Å². The molecule has 1 aromatic carbocycles. The van der Waals surface area contributed by atoms with Crippen molar-refractivity contribution < 1.29 is 41.3 Å². The van der Waals surface area contributed by atoms with Gasteiger partial charge in [-0.15, -0.1) is 0 Å². The normalized spacial score (nSPS) is 25.6. The standard InChI is InChI=1S/C20H20F5N3O4/c1-9-14(11-4-5-12(21)15(22)16(11)31-3)17(32-19(9,2)20(23,24)25)18(30)28-13-7-26-10(8-29)6-27-13/h4-7,9,14,17,29H,8H2,1-3H3,(H,27,28,30)/t9-,14-,17+,19+/m0/s1. The van der Waals surface area contributed by atoms with E-state index in [4.69, 9.17) is 14.6 Å². The van der Waals surface area contributed by atoms with Gasteiger partial charge in [-0.25, -0.2) is 9.37 Å². The summed E-state index contributed by atoms with van der Waals surface area (Å²) in [4.78, 5) is 20.6. The molecule has 0 aliphatic carbocycles. The van der Waals surface area contributed by atoms with E-state index < -0.39 is 59.6 Å². The molecule has 1 aliphatic heterocycles. The van der Waals surface area contributed by atoms with Gasteiger partial charge in [-0.05, 0) is 13.0 Å². The quantitative estimate of drug-likeness (QED) is 0.664. The number of ether oxygens (including phenoxy) is 2. The summed E-state index contributed by atoms with van der Waals surface area (Å²) < 4.78 is 79.8. The van der Waals surface area contributed by atoms with Gasteiger partial charge in [0.15, 0.2) is 23.0 Å². The van der Waals surface area contributed by atoms with Gasteiger partial charge in [-0.1, -0.05) is 13.0 Å². The summed E-state index contributed by atoms with van der Waals surface area (Å²) in [5.74, 6) is -7.05. The Morgan fingerprint density at radius 2 is 1.97 bits per heavy atom. The Morgan fingerprint density at radius 3 is 2.50 bits per heavy atom. The SMILES string of the molecule is COc1c([C@H]2[C@H](C(=O)Nc3cnc(CO)cn3)O[C@@](C)(C(F)(F)F)[C@H]2C)ccc(F)c1F. The van der Waals surface area contributed by atoms with Crippen LogP contribution in [0.1, 0.15) is 31.0 Å². The van der Waals surface area contributed by atoms with Crippen LogP contribution in [0, 0.1) is 17.6 Å². The number of alkyl halides is 3. The van der Waals surface area contributed by atoms with Gasteiger partial charge in [0.05, 0.1) is 31.8 Å². The zero-order chi connectivity index (χ0) is 23.8. The maximum atomic E-state index is 14.3. The molecular formula is C20H20F5N3O4. The highest BCUT2D eigenvalue weighted by Crippen LogP contribution is 2.54. The van der Waals surface area contributed by atoms with Crippen LogP contribution in [-0.2, 0) is 16.1 Å². The molecule has 2 aromatic rings. The molecule has 7 nitrogen and oxygen atoms in total. The summed E-state index contributed by atoms with van der Waals surface area (Å²) in [6.45, 7) is 1.61. The molecule has 2 N–H and O–H groups in total. The number of aromatic nitrogens is 2. The zero-order valence-corrected chi connectivity index (χ0v) is 17.2. The van der Waals surface area contributed by atoms with Crippen LogP contribution < -0.4 is 10.1 Å². The third-order valence-electron chi connectivity index (χ3n) is 5.69. The molecule has 1 fully saturated rings. The first kappa shape index (κ1) is 23.8. The van der Waals surface area contributed by atoms with Gasteiger partial charge in [-0.2, -0.15) is 17.6 Å². The second-order valence-corrected chi connectivity index (χ2v) is 7.48. The molecule has 1 amide bonds. The monoisotopic (exact) mass is 461 g/mol. The maximum Gasteiger partial charge on any atom is 0.417 e. The van der Waals surface area contributed by atoms with Gasteiger partial charge in [-0.3, -0.25) is 9.78 Å². The number of rotatable bonds is 5. The Labute approximate surface area is 179 Å². The van der Waals surface area contributed by atoms with Crippen molar-refractivity contribution in [3.63, 3.8) is 0 Å². The fraction of sp³-hybridized carbons (Fsp3) is 0.450. The van der Waals surface area contributed by atoms with Crippen LogP contribution >= 0.6 is 0 Å². The fourth-order valence-electron chi connectivity index (χ4n) is 3.74. The Hall–Kier alpha value is -2.86. The van der Waals surface area contributed by atoms with E-state index in [1.54, 1.807) is 0 Å². The number of aliphatic hydroxyl groups is 1. The Balaban J connectivity index is 2.05. The number of halogens is 5. The van der Waals surface area contributed by atoms with E-state index in [0.717, 1.165) is 32.4 Å². The smallest absolute Gasteiger partial charge is 0.417 e. The number of carbonyl (C=O) groups excluding carboxylic acids is 1. The molecule has 3 rings (SSSR count). The van der Waals surface area contributed by atoms with E-state index in [2.05, 4.69) is 15.3 Å². The van der Waals surface area contributed by atoms with E-state index in [0.29, 0.717) is 0 Å². The second-order valence-electron chi connectivity index (χ2n) is 7.48. The molecule has 0 radical (unpaired) electrons. The van der Waals surface area contributed by atoms with Crippen molar-refractivity contribution >= 4 is 11.7 Å². The zero-order valence-electron chi connectivity index (χ0n) is 17.2. The van der Waals surface area contributed by atoms with Gasteiger partial charge in [0.25, 0.3) is 5.91 Å². The number of hydrogen-bond acceptors (Lipinski definition) is 6. The number of benzene rings is 1. The second kappa shape index (κ2) is 8.58. The van der Waals surface area contributed by atoms with Crippen LogP contribution in [0.15, 0.2) is 24.5 Å². The van der Waals surface area contributed by atoms with Crippen molar-refractivity contribution in [3.8, 4) is 5.75 Å². The van der Waals surface area contributed by atoms with Crippen molar-refractivity contribution in [2.45, 2.75) is 44.3 Å². The van der Waals surface area contributed by atoms with Crippen LogP contribution in [0.5, 0.6) is 5.75 Å². The van der Waals surface area contributed by atoms with Crippen molar-refractivity contribution in [1.29, 1.82) is 0 Å². The molecule has 1 aromatic heterocycles. The van der Waals surface area contributed by atoms with Crippen LogP contribution in [0.25, 0.3) is 0 Å². The summed E-state index contributed by atoms with van der Waals surface area (Å²) in [7, 11) is 1.04. The Morgan fingerprint density at radius 1 is 1.28 bits per heavy atom. The van der Waals surface area contributed by atoms with E-state index in [9.17, 15) is 26.7 Å². The third kappa shape index (κ3) is 3.99. The van der Waals surface area contributed by atoms with Gasteiger partial charge in [0, 0.05) is 17.4 Å². The fourth-order valence-corrected chi connectivity index (χ4v) is 3.74. The molecule has 0 spiro atoms. The average molecular weight is 461 g/mol. The molecule has 2 heterocycles. The molecule has 0 bridgehead atoms. The van der Waals surface area contributed by atoms with Gasteiger partial charge in [0.2, 0.25) is 5.82 Å². The summed E-state index contributed by atoms with van der Waals surface area (Å²) in [6.07, 6.45) is -4.33. The average Bonchev–Trinajstić information content (AvgIpc) is 3.02.